The monoisotopic (exact) mass is 474 g/mol. The zero-order valence-electron chi connectivity index (χ0n) is 20.9. The third-order valence-electron chi connectivity index (χ3n) is 10.4. The largest absolute Gasteiger partial charge is 0.461 e. The molecule has 0 radical (unpaired) electrons. The van der Waals surface area contributed by atoms with Gasteiger partial charge in [0.15, 0.2) is 11.6 Å². The molecule has 11 atom stereocenters. The molecule has 2 saturated heterocycles. The number of fused-ring (bicyclic) bond motifs is 1. The molecule has 0 aromatic heterocycles. The molecule has 7 nitrogen and oxygen atoms in total. The highest BCUT2D eigenvalue weighted by molar-refractivity contribution is 5.96. The van der Waals surface area contributed by atoms with Crippen molar-refractivity contribution in [3.05, 3.63) is 23.3 Å². The molecule has 1 spiro atoms. The third kappa shape index (κ3) is 2.73. The van der Waals surface area contributed by atoms with Crippen LogP contribution in [0.1, 0.15) is 54.4 Å². The van der Waals surface area contributed by atoms with E-state index in [1.807, 2.05) is 27.7 Å². The Labute approximate surface area is 201 Å². The summed E-state index contributed by atoms with van der Waals surface area (Å²) in [6.07, 6.45) is 1.37. The summed E-state index contributed by atoms with van der Waals surface area (Å²) >= 11 is 0. The van der Waals surface area contributed by atoms with Gasteiger partial charge in [-0.1, -0.05) is 44.9 Å². The van der Waals surface area contributed by atoms with Crippen molar-refractivity contribution in [3.63, 3.8) is 0 Å². The number of rotatable bonds is 3. The van der Waals surface area contributed by atoms with Crippen molar-refractivity contribution in [3.8, 4) is 0 Å². The second-order valence-electron chi connectivity index (χ2n) is 12.1. The molecular weight excluding hydrogens is 436 g/mol. The van der Waals surface area contributed by atoms with Gasteiger partial charge in [-0.05, 0) is 56.4 Å². The topological polar surface area (TPSA) is 113 Å². The number of allylic oxidation sites excluding steroid dienone is 3. The molecule has 2 saturated carbocycles. The quantitative estimate of drug-likeness (QED) is 0.425. The molecule has 7 heteroatoms. The SMILES string of the molecule is CC1=CC(=O)[C@@H](O)[C@@]2(C)C1C[C@H]1OC(=O)[C@H](C/C=C(/C)C(C)C)[C@H]3C(C)C(O)C4(O)OC[C@@]31C42. The van der Waals surface area contributed by atoms with E-state index in [1.165, 1.54) is 11.6 Å². The Balaban J connectivity index is 1.69. The first-order chi connectivity index (χ1) is 15.8. The summed E-state index contributed by atoms with van der Waals surface area (Å²) in [6.45, 7) is 11.9. The third-order valence-corrected chi connectivity index (χ3v) is 10.4. The number of esters is 1. The molecule has 2 heterocycles. The van der Waals surface area contributed by atoms with Crippen molar-refractivity contribution in [1.82, 2.24) is 0 Å². The molecule has 4 fully saturated rings. The molecule has 188 valence electrons. The fourth-order valence-corrected chi connectivity index (χ4v) is 8.61. The number of aliphatic hydroxyl groups is 3. The van der Waals surface area contributed by atoms with Gasteiger partial charge in [0.05, 0.1) is 12.5 Å². The first-order valence-corrected chi connectivity index (χ1v) is 12.6. The van der Waals surface area contributed by atoms with Gasteiger partial charge in [-0.25, -0.2) is 0 Å². The summed E-state index contributed by atoms with van der Waals surface area (Å²) in [5, 5.41) is 34.6. The van der Waals surface area contributed by atoms with Gasteiger partial charge in [-0.2, -0.15) is 0 Å². The Morgan fingerprint density at radius 1 is 1.29 bits per heavy atom. The fourth-order valence-electron chi connectivity index (χ4n) is 8.61. The van der Waals surface area contributed by atoms with Crippen LogP contribution in [0.25, 0.3) is 0 Å². The van der Waals surface area contributed by atoms with Crippen LogP contribution in [0.3, 0.4) is 0 Å². The van der Waals surface area contributed by atoms with E-state index in [-0.39, 0.29) is 24.4 Å². The van der Waals surface area contributed by atoms with E-state index >= 15 is 0 Å². The lowest BCUT2D eigenvalue weighted by Crippen LogP contribution is -2.77. The predicted octanol–water partition coefficient (Wildman–Crippen LogP) is 2.38. The van der Waals surface area contributed by atoms with Crippen LogP contribution < -0.4 is 0 Å². The van der Waals surface area contributed by atoms with Gasteiger partial charge in [0, 0.05) is 16.7 Å². The molecule has 3 aliphatic carbocycles. The maximum absolute atomic E-state index is 13.4. The molecule has 0 aromatic carbocycles. The van der Waals surface area contributed by atoms with E-state index in [4.69, 9.17) is 9.47 Å². The molecule has 34 heavy (non-hydrogen) atoms. The van der Waals surface area contributed by atoms with Crippen molar-refractivity contribution in [2.75, 3.05) is 6.61 Å². The van der Waals surface area contributed by atoms with E-state index in [1.54, 1.807) is 0 Å². The number of hydrogen-bond acceptors (Lipinski definition) is 7. The molecule has 0 amide bonds. The van der Waals surface area contributed by atoms with E-state index in [0.29, 0.717) is 18.8 Å². The van der Waals surface area contributed by atoms with Crippen LogP contribution in [0, 0.1) is 46.3 Å². The average Bonchev–Trinajstić information content (AvgIpc) is 3.06. The van der Waals surface area contributed by atoms with Gasteiger partial charge in [0.2, 0.25) is 0 Å². The second-order valence-corrected chi connectivity index (χ2v) is 12.1. The van der Waals surface area contributed by atoms with E-state index in [9.17, 15) is 24.9 Å². The molecule has 5 rings (SSSR count). The summed E-state index contributed by atoms with van der Waals surface area (Å²) in [4.78, 5) is 26.2. The second kappa shape index (κ2) is 7.48. The van der Waals surface area contributed by atoms with Gasteiger partial charge < -0.3 is 24.8 Å². The Morgan fingerprint density at radius 2 is 1.97 bits per heavy atom. The Morgan fingerprint density at radius 3 is 2.62 bits per heavy atom. The lowest BCUT2D eigenvalue weighted by molar-refractivity contribution is -0.337. The van der Waals surface area contributed by atoms with Crippen molar-refractivity contribution in [2.24, 2.45) is 46.3 Å². The summed E-state index contributed by atoms with van der Waals surface area (Å²) in [7, 11) is 0. The molecule has 3 N–H and O–H groups in total. The first-order valence-electron chi connectivity index (χ1n) is 12.6. The number of aliphatic hydroxyl groups excluding tert-OH is 2. The number of ketones is 1. The number of ether oxygens (including phenoxy) is 2. The maximum Gasteiger partial charge on any atom is 0.309 e. The van der Waals surface area contributed by atoms with Crippen LogP contribution in [0.5, 0.6) is 0 Å². The van der Waals surface area contributed by atoms with Gasteiger partial charge in [-0.3, -0.25) is 9.59 Å². The van der Waals surface area contributed by atoms with Gasteiger partial charge in [-0.15, -0.1) is 0 Å². The number of carbonyl (C=O) groups is 2. The molecule has 5 unspecified atom stereocenters. The smallest absolute Gasteiger partial charge is 0.309 e. The van der Waals surface area contributed by atoms with Crippen LogP contribution in [0.4, 0.5) is 0 Å². The van der Waals surface area contributed by atoms with Crippen molar-refractivity contribution in [1.29, 1.82) is 0 Å². The number of hydrogen-bond donors (Lipinski definition) is 3. The zero-order valence-corrected chi connectivity index (χ0v) is 20.9. The summed E-state index contributed by atoms with van der Waals surface area (Å²) in [5.41, 5.74) is 0.121. The standard InChI is InChI=1S/C27H38O7/c1-12(2)13(3)7-8-16-20-15(5)21(29)27(32)24-25(6)17(14(4)9-18(28)22(25)30)10-19(34-23(16)31)26(20,24)11-33-27/h7,9,12,15-17,19-22,24,29-30,32H,8,10-11H2,1-6H3/b13-7-/t15?,16-,17?,19-,20-,21?,22-,24?,25-,26+,27?/m1/s1. The van der Waals surface area contributed by atoms with Crippen LogP contribution >= 0.6 is 0 Å². The highest BCUT2D eigenvalue weighted by Crippen LogP contribution is 2.74. The van der Waals surface area contributed by atoms with Crippen molar-refractivity contribution < 1.29 is 34.4 Å². The molecular formula is C27H38O7. The minimum absolute atomic E-state index is 0.119. The first kappa shape index (κ1) is 24.2. The summed E-state index contributed by atoms with van der Waals surface area (Å²) < 4.78 is 12.2. The maximum atomic E-state index is 13.4. The van der Waals surface area contributed by atoms with Gasteiger partial charge in [0.1, 0.15) is 18.3 Å². The molecule has 2 aliphatic heterocycles. The average molecular weight is 475 g/mol. The van der Waals surface area contributed by atoms with Crippen LogP contribution in [-0.2, 0) is 19.1 Å². The molecule has 0 aromatic rings. The lowest BCUT2D eigenvalue weighted by Gasteiger charge is -2.68. The molecule has 5 aliphatic rings. The Bertz CT molecular complexity index is 983. The fraction of sp³-hybridized carbons (Fsp3) is 0.778. The minimum Gasteiger partial charge on any atom is -0.461 e. The summed E-state index contributed by atoms with van der Waals surface area (Å²) in [5.74, 6) is -4.55. The van der Waals surface area contributed by atoms with Gasteiger partial charge in [0.25, 0.3) is 0 Å². The zero-order chi connectivity index (χ0) is 25.0. The van der Waals surface area contributed by atoms with Crippen LogP contribution in [0.2, 0.25) is 0 Å². The highest BCUT2D eigenvalue weighted by atomic mass is 16.6. The van der Waals surface area contributed by atoms with E-state index in [0.717, 1.165) is 5.57 Å². The summed E-state index contributed by atoms with van der Waals surface area (Å²) in [6, 6.07) is 0. The van der Waals surface area contributed by atoms with Crippen LogP contribution in [0.15, 0.2) is 23.3 Å². The molecule has 2 bridgehead atoms. The van der Waals surface area contributed by atoms with Crippen molar-refractivity contribution >= 4 is 11.8 Å². The van der Waals surface area contributed by atoms with Gasteiger partial charge >= 0.3 is 5.97 Å². The van der Waals surface area contributed by atoms with E-state index in [2.05, 4.69) is 19.9 Å². The normalized spacial score (nSPS) is 52.2. The number of carbonyl (C=O) groups excluding carboxylic acids is 2. The highest BCUT2D eigenvalue weighted by Gasteiger charge is 2.82. The lowest BCUT2D eigenvalue weighted by atomic mass is 9.37. The van der Waals surface area contributed by atoms with E-state index < -0.39 is 58.5 Å². The van der Waals surface area contributed by atoms with Crippen molar-refractivity contribution in [2.45, 2.75) is 78.5 Å². The van der Waals surface area contributed by atoms with Crippen LogP contribution in [-0.4, -0.2) is 57.8 Å². The Kier molecular flexibility index (Phi) is 5.32. The minimum atomic E-state index is -1.93. The predicted molar refractivity (Wildman–Crippen MR) is 123 cm³/mol. The Hall–Kier alpha value is -1.54.